The number of benzene rings is 9. The number of fused-ring (bicyclic) bond motifs is 13. The fourth-order valence-corrected chi connectivity index (χ4v) is 11.1. The van der Waals surface area contributed by atoms with E-state index in [-0.39, 0.29) is 5.41 Å². The summed E-state index contributed by atoms with van der Waals surface area (Å²) in [5.74, 6) is 0. The van der Waals surface area contributed by atoms with Gasteiger partial charge >= 0.3 is 0 Å². The number of para-hydroxylation sites is 2. The molecule has 1 aromatic heterocycles. The molecule has 0 N–H and O–H groups in total. The fourth-order valence-electron chi connectivity index (χ4n) is 9.87. The lowest BCUT2D eigenvalue weighted by Crippen LogP contribution is -2.25. The van der Waals surface area contributed by atoms with E-state index < -0.39 is 0 Å². The maximum atomic E-state index is 2.53. The van der Waals surface area contributed by atoms with E-state index in [1.54, 1.807) is 0 Å². The molecule has 12 rings (SSSR count). The quantitative estimate of drug-likeness (QED) is 0.170. The number of anilines is 3. The first-order chi connectivity index (χ1) is 28.3. The topological polar surface area (TPSA) is 3.24 Å². The highest BCUT2D eigenvalue weighted by Crippen LogP contribution is 2.63. The van der Waals surface area contributed by atoms with Crippen molar-refractivity contribution < 1.29 is 0 Å². The van der Waals surface area contributed by atoms with E-state index in [0.29, 0.717) is 0 Å². The number of hydrogen-bond donors (Lipinski definition) is 0. The van der Waals surface area contributed by atoms with E-state index in [9.17, 15) is 0 Å². The monoisotopic (exact) mass is 741 g/mol. The summed E-state index contributed by atoms with van der Waals surface area (Å²) in [5.41, 5.74) is 18.7. The van der Waals surface area contributed by atoms with Crippen molar-refractivity contribution in [3.63, 3.8) is 0 Å². The predicted molar refractivity (Wildman–Crippen MR) is 241 cm³/mol. The van der Waals surface area contributed by atoms with E-state index >= 15 is 0 Å². The molecule has 0 atom stereocenters. The Labute approximate surface area is 336 Å². The molecule has 0 unspecified atom stereocenters. The Kier molecular flexibility index (Phi) is 7.08. The summed E-state index contributed by atoms with van der Waals surface area (Å²) in [6.07, 6.45) is 0. The molecule has 1 heterocycles. The van der Waals surface area contributed by atoms with Crippen LogP contribution >= 0.6 is 11.3 Å². The van der Waals surface area contributed by atoms with E-state index in [2.05, 4.69) is 217 Å². The standard InChI is InChI=1S/C55H35NS/c1-3-15-39(16-4-1)56(40-17-5-2-6-18-40)41-30-27-36(28-31-41)38-33-47(54-48(34-38)46-22-10-14-26-53(46)57-54)37-29-32-45-44-21-9-13-25-51(44)55(52(45)35-37)49-23-11-7-19-42(49)43-20-8-12-24-50(43)55/h1-35H. The average molecular weight is 742 g/mol. The molecule has 0 radical (unpaired) electrons. The van der Waals surface area contributed by atoms with Gasteiger partial charge in [0.25, 0.3) is 0 Å². The van der Waals surface area contributed by atoms with Gasteiger partial charge in [-0.15, -0.1) is 11.3 Å². The van der Waals surface area contributed by atoms with Crippen LogP contribution in [-0.4, -0.2) is 0 Å². The third kappa shape index (κ3) is 4.68. The second kappa shape index (κ2) is 12.5. The second-order valence-electron chi connectivity index (χ2n) is 15.2. The van der Waals surface area contributed by atoms with Gasteiger partial charge in [0.1, 0.15) is 0 Å². The second-order valence-corrected chi connectivity index (χ2v) is 16.3. The Morgan fingerprint density at radius 3 is 1.42 bits per heavy atom. The molecule has 0 saturated heterocycles. The van der Waals surface area contributed by atoms with Gasteiger partial charge < -0.3 is 4.90 Å². The molecule has 57 heavy (non-hydrogen) atoms. The van der Waals surface area contributed by atoms with Crippen LogP contribution in [0.5, 0.6) is 0 Å². The Morgan fingerprint density at radius 2 is 0.807 bits per heavy atom. The number of hydrogen-bond acceptors (Lipinski definition) is 2. The Morgan fingerprint density at radius 1 is 0.316 bits per heavy atom. The molecule has 0 bridgehead atoms. The number of rotatable bonds is 5. The van der Waals surface area contributed by atoms with Crippen molar-refractivity contribution in [3.05, 3.63) is 235 Å². The summed E-state index contributed by atoms with van der Waals surface area (Å²) in [5, 5.41) is 2.61. The lowest BCUT2D eigenvalue weighted by atomic mass is 9.70. The molecule has 2 aliphatic carbocycles. The molecule has 9 aromatic carbocycles. The molecule has 0 amide bonds. The molecule has 2 heteroatoms. The van der Waals surface area contributed by atoms with E-state index in [1.807, 2.05) is 11.3 Å². The highest BCUT2D eigenvalue weighted by atomic mass is 32.1. The van der Waals surface area contributed by atoms with Crippen LogP contribution in [0.4, 0.5) is 17.1 Å². The molecular weight excluding hydrogens is 707 g/mol. The average Bonchev–Trinajstić information content (AvgIpc) is 3.91. The van der Waals surface area contributed by atoms with Gasteiger partial charge in [0, 0.05) is 42.8 Å². The van der Waals surface area contributed by atoms with Crippen LogP contribution < -0.4 is 4.90 Å². The SMILES string of the molecule is c1ccc(N(c2ccccc2)c2ccc(-c3cc(-c4ccc5c(c4)C4(c6ccccc6-c6ccccc64)c4ccccc4-5)c4sc5ccccc5c4c3)cc2)cc1. The van der Waals surface area contributed by atoms with Crippen LogP contribution in [0.25, 0.3) is 64.7 Å². The maximum Gasteiger partial charge on any atom is 0.0725 e. The first-order valence-electron chi connectivity index (χ1n) is 19.7. The Bertz CT molecular complexity index is 3070. The first kappa shape index (κ1) is 32.3. The van der Waals surface area contributed by atoms with Gasteiger partial charge in [0.15, 0.2) is 0 Å². The smallest absolute Gasteiger partial charge is 0.0725 e. The third-order valence-corrected chi connectivity index (χ3v) is 13.5. The molecular formula is C55H35NS. The van der Waals surface area contributed by atoms with E-state index in [4.69, 9.17) is 0 Å². The van der Waals surface area contributed by atoms with Crippen molar-refractivity contribution in [2.24, 2.45) is 0 Å². The van der Waals surface area contributed by atoms with Crippen LogP contribution in [0.2, 0.25) is 0 Å². The van der Waals surface area contributed by atoms with E-state index in [0.717, 1.165) is 17.1 Å². The van der Waals surface area contributed by atoms with Gasteiger partial charge in [-0.25, -0.2) is 0 Å². The summed E-state index contributed by atoms with van der Waals surface area (Å²) < 4.78 is 2.64. The maximum absolute atomic E-state index is 2.53. The Balaban J connectivity index is 1.06. The minimum atomic E-state index is -0.384. The van der Waals surface area contributed by atoms with Crippen LogP contribution in [0.1, 0.15) is 22.3 Å². The molecule has 0 fully saturated rings. The highest BCUT2D eigenvalue weighted by Gasteiger charge is 2.51. The summed E-state index contributed by atoms with van der Waals surface area (Å²) in [4.78, 5) is 2.32. The van der Waals surface area contributed by atoms with Crippen LogP contribution in [0, 0.1) is 0 Å². The fraction of sp³-hybridized carbons (Fsp3) is 0.0182. The van der Waals surface area contributed by atoms with Gasteiger partial charge in [-0.2, -0.15) is 0 Å². The molecule has 266 valence electrons. The van der Waals surface area contributed by atoms with Crippen molar-refractivity contribution in [3.8, 4) is 44.5 Å². The van der Waals surface area contributed by atoms with Crippen LogP contribution in [0.3, 0.4) is 0 Å². The number of nitrogens with zero attached hydrogens (tertiary/aromatic N) is 1. The molecule has 1 nitrogen and oxygen atoms in total. The van der Waals surface area contributed by atoms with Crippen molar-refractivity contribution in [1.29, 1.82) is 0 Å². The zero-order valence-electron chi connectivity index (χ0n) is 31.1. The van der Waals surface area contributed by atoms with Crippen molar-refractivity contribution in [1.82, 2.24) is 0 Å². The molecule has 0 saturated carbocycles. The minimum Gasteiger partial charge on any atom is -0.311 e. The van der Waals surface area contributed by atoms with Gasteiger partial charge in [-0.3, -0.25) is 0 Å². The van der Waals surface area contributed by atoms with E-state index in [1.165, 1.54) is 86.9 Å². The van der Waals surface area contributed by atoms with Gasteiger partial charge in [0.05, 0.1) is 5.41 Å². The minimum absolute atomic E-state index is 0.384. The van der Waals surface area contributed by atoms with Crippen LogP contribution in [-0.2, 0) is 5.41 Å². The molecule has 0 aliphatic heterocycles. The van der Waals surface area contributed by atoms with Gasteiger partial charge in [-0.05, 0) is 122 Å². The summed E-state index contributed by atoms with van der Waals surface area (Å²) in [7, 11) is 0. The lowest BCUT2D eigenvalue weighted by molar-refractivity contribution is 0.794. The van der Waals surface area contributed by atoms with Crippen molar-refractivity contribution in [2.45, 2.75) is 5.41 Å². The molecule has 10 aromatic rings. The summed E-state index contributed by atoms with van der Waals surface area (Å²) in [6, 6.07) is 78.6. The zero-order valence-corrected chi connectivity index (χ0v) is 31.9. The van der Waals surface area contributed by atoms with Gasteiger partial charge in [0.2, 0.25) is 0 Å². The third-order valence-electron chi connectivity index (χ3n) is 12.3. The Hall–Kier alpha value is -7.00. The normalized spacial score (nSPS) is 13.1. The summed E-state index contributed by atoms with van der Waals surface area (Å²) in [6.45, 7) is 0. The van der Waals surface area contributed by atoms with Gasteiger partial charge in [-0.1, -0.05) is 152 Å². The van der Waals surface area contributed by atoms with Crippen molar-refractivity contribution in [2.75, 3.05) is 4.90 Å². The van der Waals surface area contributed by atoms with Crippen LogP contribution in [0.15, 0.2) is 212 Å². The largest absolute Gasteiger partial charge is 0.311 e. The predicted octanol–water partition coefficient (Wildman–Crippen LogP) is 15.2. The lowest BCUT2D eigenvalue weighted by Gasteiger charge is -2.30. The highest BCUT2D eigenvalue weighted by molar-refractivity contribution is 7.26. The number of thiophene rings is 1. The summed E-state index contributed by atoms with van der Waals surface area (Å²) >= 11 is 1.90. The molecule has 1 spiro atoms. The first-order valence-corrected chi connectivity index (χ1v) is 20.5. The van der Waals surface area contributed by atoms with Crippen molar-refractivity contribution >= 4 is 48.6 Å². The zero-order chi connectivity index (χ0) is 37.5. The molecule has 2 aliphatic rings.